The molecule has 0 spiro atoms. The third-order valence-corrected chi connectivity index (χ3v) is 6.29. The summed E-state index contributed by atoms with van der Waals surface area (Å²) in [4.78, 5) is 12.4. The minimum absolute atomic E-state index is 0.0649. The number of halogens is 1. The number of rotatable bonds is 10. The van der Waals surface area contributed by atoms with E-state index in [-0.39, 0.29) is 24.2 Å². The van der Waals surface area contributed by atoms with Gasteiger partial charge >= 0.3 is 0 Å². The molecular weight excluding hydrogens is 448 g/mol. The van der Waals surface area contributed by atoms with Crippen molar-refractivity contribution in [2.75, 3.05) is 18.9 Å². The third kappa shape index (κ3) is 8.91. The predicted molar refractivity (Wildman–Crippen MR) is 128 cm³/mol. The quantitative estimate of drug-likeness (QED) is 0.515. The van der Waals surface area contributed by atoms with Gasteiger partial charge in [-0.2, -0.15) is 0 Å². The largest absolute Gasteiger partial charge is 0.481 e. The number of ether oxygens (including phenoxy) is 1. The summed E-state index contributed by atoms with van der Waals surface area (Å²) >= 11 is 5.85. The summed E-state index contributed by atoms with van der Waals surface area (Å²) in [5.41, 5.74) is 1.90. The van der Waals surface area contributed by atoms with Gasteiger partial charge in [0.2, 0.25) is 15.9 Å². The van der Waals surface area contributed by atoms with Crippen molar-refractivity contribution in [1.29, 1.82) is 0 Å². The van der Waals surface area contributed by atoms with E-state index in [2.05, 4.69) is 21.9 Å². The normalized spacial score (nSPS) is 12.0. The highest BCUT2D eigenvalue weighted by Crippen LogP contribution is 2.13. The zero-order valence-corrected chi connectivity index (χ0v) is 20.1. The molecule has 0 saturated heterocycles. The number of hydrogen-bond donors (Lipinski definition) is 2. The Morgan fingerprint density at radius 1 is 1.09 bits per heavy atom. The van der Waals surface area contributed by atoms with Gasteiger partial charge in [-0.25, -0.2) is 13.1 Å². The third-order valence-electron chi connectivity index (χ3n) is 4.66. The lowest BCUT2D eigenvalue weighted by Crippen LogP contribution is -2.50. The monoisotopic (exact) mass is 476 g/mol. The minimum Gasteiger partial charge on any atom is -0.481 e. The lowest BCUT2D eigenvalue weighted by atomic mass is 10.0. The molecule has 2 aromatic rings. The second-order valence-corrected chi connectivity index (χ2v) is 10.0. The highest BCUT2D eigenvalue weighted by molar-refractivity contribution is 7.89. The maximum Gasteiger partial charge on any atom is 0.238 e. The van der Waals surface area contributed by atoms with Gasteiger partial charge in [0.25, 0.3) is 0 Å². The molecule has 2 rings (SSSR count). The van der Waals surface area contributed by atoms with Crippen LogP contribution in [-0.2, 0) is 21.2 Å². The number of sulfonamides is 1. The van der Waals surface area contributed by atoms with E-state index in [1.54, 1.807) is 26.0 Å². The molecule has 0 saturated carbocycles. The van der Waals surface area contributed by atoms with E-state index < -0.39 is 16.1 Å². The van der Waals surface area contributed by atoms with Crippen molar-refractivity contribution in [3.63, 3.8) is 0 Å². The minimum atomic E-state index is -3.46. The number of hydrogen-bond acceptors (Lipinski definition) is 4. The fourth-order valence-corrected chi connectivity index (χ4v) is 3.81. The molecule has 32 heavy (non-hydrogen) atoms. The lowest BCUT2D eigenvalue weighted by molar-refractivity contribution is -0.123. The number of carbonyl (C=O) groups is 1. The van der Waals surface area contributed by atoms with E-state index in [0.717, 1.165) is 11.1 Å². The molecule has 0 unspecified atom stereocenters. The zero-order valence-electron chi connectivity index (χ0n) is 18.5. The maximum absolute atomic E-state index is 12.4. The second kappa shape index (κ2) is 12.5. The Morgan fingerprint density at radius 2 is 1.75 bits per heavy atom. The first-order valence-corrected chi connectivity index (χ1v) is 12.5. The van der Waals surface area contributed by atoms with Gasteiger partial charge in [0.05, 0.1) is 5.75 Å². The zero-order chi connectivity index (χ0) is 23.6. The van der Waals surface area contributed by atoms with Crippen LogP contribution in [-0.4, -0.2) is 39.3 Å². The van der Waals surface area contributed by atoms with Gasteiger partial charge in [0.15, 0.2) is 0 Å². The molecule has 2 N–H and O–H groups in total. The van der Waals surface area contributed by atoms with Crippen LogP contribution < -0.4 is 14.8 Å². The van der Waals surface area contributed by atoms with Crippen LogP contribution >= 0.6 is 11.6 Å². The Labute approximate surface area is 195 Å². The van der Waals surface area contributed by atoms with Crippen LogP contribution in [0.5, 0.6) is 5.75 Å². The standard InChI is InChI=1S/C24H29ClN2O4S/c1-4-32(29,30)27-23(18(2)3)24(28)26-16-15-20-9-13-22(14-10-20)31-17-5-6-19-7-11-21(25)12-8-19/h7-14,18,23,27H,4,15-17H2,1-3H3,(H,26,28)/t23-/m0/s1. The van der Waals surface area contributed by atoms with E-state index in [4.69, 9.17) is 16.3 Å². The molecule has 0 aliphatic carbocycles. The number of carbonyl (C=O) groups excluding carboxylic acids is 1. The molecule has 0 heterocycles. The Bertz CT molecular complexity index is 1040. The molecule has 0 aliphatic rings. The Hall–Kier alpha value is -2.53. The molecule has 2 aromatic carbocycles. The van der Waals surface area contributed by atoms with Crippen LogP contribution in [0.3, 0.4) is 0 Å². The van der Waals surface area contributed by atoms with Crippen LogP contribution in [0.1, 0.15) is 31.9 Å². The van der Waals surface area contributed by atoms with E-state index in [0.29, 0.717) is 23.7 Å². The summed E-state index contributed by atoms with van der Waals surface area (Å²) in [6.45, 7) is 5.82. The fourth-order valence-electron chi connectivity index (χ4n) is 2.75. The van der Waals surface area contributed by atoms with Crippen molar-refractivity contribution < 1.29 is 17.9 Å². The molecule has 0 aromatic heterocycles. The molecule has 8 heteroatoms. The second-order valence-electron chi connectivity index (χ2n) is 7.53. The number of nitrogens with one attached hydrogen (secondary N) is 2. The maximum atomic E-state index is 12.4. The molecule has 1 atom stereocenters. The average molecular weight is 477 g/mol. The number of benzene rings is 2. The molecule has 0 aliphatic heterocycles. The van der Waals surface area contributed by atoms with Crippen molar-refractivity contribution in [2.24, 2.45) is 5.92 Å². The summed E-state index contributed by atoms with van der Waals surface area (Å²) in [5, 5.41) is 3.48. The van der Waals surface area contributed by atoms with Crippen molar-refractivity contribution in [2.45, 2.75) is 33.2 Å². The first-order chi connectivity index (χ1) is 15.2. The fraction of sp³-hybridized carbons (Fsp3) is 0.375. The van der Waals surface area contributed by atoms with E-state index in [1.165, 1.54) is 6.92 Å². The van der Waals surface area contributed by atoms with E-state index >= 15 is 0 Å². The predicted octanol–water partition coefficient (Wildman–Crippen LogP) is 3.39. The summed E-state index contributed by atoms with van der Waals surface area (Å²) in [5.74, 6) is 6.13. The van der Waals surface area contributed by atoms with Crippen LogP contribution in [0.2, 0.25) is 5.02 Å². The average Bonchev–Trinajstić information content (AvgIpc) is 2.77. The van der Waals surface area contributed by atoms with Crippen molar-refractivity contribution in [1.82, 2.24) is 10.0 Å². The van der Waals surface area contributed by atoms with Gasteiger partial charge < -0.3 is 10.1 Å². The smallest absolute Gasteiger partial charge is 0.238 e. The van der Waals surface area contributed by atoms with Crippen LogP contribution in [0.15, 0.2) is 48.5 Å². The van der Waals surface area contributed by atoms with Crippen molar-refractivity contribution in [3.8, 4) is 17.6 Å². The molecule has 0 bridgehead atoms. The SMILES string of the molecule is CCS(=O)(=O)N[C@H](C(=O)NCCc1ccc(OCC#Cc2ccc(Cl)cc2)cc1)C(C)C. The van der Waals surface area contributed by atoms with Crippen molar-refractivity contribution >= 4 is 27.5 Å². The first-order valence-electron chi connectivity index (χ1n) is 10.4. The molecule has 6 nitrogen and oxygen atoms in total. The van der Waals surface area contributed by atoms with Gasteiger partial charge in [0.1, 0.15) is 18.4 Å². The molecule has 172 valence electrons. The Morgan fingerprint density at radius 3 is 2.34 bits per heavy atom. The van der Waals surface area contributed by atoms with Crippen LogP contribution in [0, 0.1) is 17.8 Å². The van der Waals surface area contributed by atoms with E-state index in [1.807, 2.05) is 36.4 Å². The molecule has 0 radical (unpaired) electrons. The summed E-state index contributed by atoms with van der Waals surface area (Å²) in [6.07, 6.45) is 0.619. The van der Waals surface area contributed by atoms with Gasteiger partial charge in [-0.05, 0) is 61.2 Å². The van der Waals surface area contributed by atoms with Gasteiger partial charge in [-0.1, -0.05) is 49.4 Å². The topological polar surface area (TPSA) is 84.5 Å². The van der Waals surface area contributed by atoms with Crippen LogP contribution in [0.25, 0.3) is 0 Å². The summed E-state index contributed by atoms with van der Waals surface area (Å²) in [6, 6.07) is 14.1. The summed E-state index contributed by atoms with van der Waals surface area (Å²) in [7, 11) is -3.46. The molecule has 0 fully saturated rings. The van der Waals surface area contributed by atoms with Gasteiger partial charge in [0, 0.05) is 17.1 Å². The van der Waals surface area contributed by atoms with Crippen LogP contribution in [0.4, 0.5) is 0 Å². The van der Waals surface area contributed by atoms with Gasteiger partial charge in [-0.3, -0.25) is 4.79 Å². The molecule has 1 amide bonds. The lowest BCUT2D eigenvalue weighted by Gasteiger charge is -2.21. The highest BCUT2D eigenvalue weighted by atomic mass is 35.5. The Balaban J connectivity index is 1.78. The van der Waals surface area contributed by atoms with E-state index in [9.17, 15) is 13.2 Å². The summed E-state index contributed by atoms with van der Waals surface area (Å²) < 4.78 is 31.7. The van der Waals surface area contributed by atoms with Crippen molar-refractivity contribution in [3.05, 3.63) is 64.7 Å². The molecular formula is C24H29ClN2O4S. The number of amides is 1. The first kappa shape index (κ1) is 25.7. The Kier molecular flexibility index (Phi) is 10.0. The highest BCUT2D eigenvalue weighted by Gasteiger charge is 2.26. The van der Waals surface area contributed by atoms with Gasteiger partial charge in [-0.15, -0.1) is 0 Å².